The molecule has 5 rings (SSSR count). The second-order valence-electron chi connectivity index (χ2n) is 10.0. The first-order valence-corrected chi connectivity index (χ1v) is 12.4. The first-order chi connectivity index (χ1) is 16.4. The van der Waals surface area contributed by atoms with Crippen LogP contribution in [0.4, 0.5) is 0 Å². The number of rotatable bonds is 4. The third-order valence-corrected chi connectivity index (χ3v) is 8.34. The maximum absolute atomic E-state index is 14.0. The molecule has 3 aliphatic rings. The summed E-state index contributed by atoms with van der Waals surface area (Å²) in [5, 5.41) is 3.41. The van der Waals surface area contributed by atoms with E-state index in [1.54, 1.807) is 14.2 Å². The molecule has 180 valence electrons. The normalized spacial score (nSPS) is 27.8. The van der Waals surface area contributed by atoms with Gasteiger partial charge in [0, 0.05) is 18.2 Å². The van der Waals surface area contributed by atoms with Crippen molar-refractivity contribution in [2.75, 3.05) is 20.8 Å². The zero-order valence-electron chi connectivity index (χ0n) is 20.5. The first-order valence-electron chi connectivity index (χ1n) is 12.4. The molecular weight excluding hydrogens is 428 g/mol. The minimum atomic E-state index is -0.476. The molecule has 6 heteroatoms. The van der Waals surface area contributed by atoms with Crippen LogP contribution in [0.15, 0.2) is 36.4 Å². The number of methoxy groups -OCH3 is 2. The molecule has 2 aromatic rings. The number of carbonyl (C=O) groups is 2. The minimum absolute atomic E-state index is 0.00327. The number of fused-ring (bicyclic) bond motifs is 4. The molecule has 2 aromatic carbocycles. The molecule has 5 unspecified atom stereocenters. The summed E-state index contributed by atoms with van der Waals surface area (Å²) in [4.78, 5) is 29.4. The van der Waals surface area contributed by atoms with Gasteiger partial charge in [0.15, 0.2) is 11.5 Å². The van der Waals surface area contributed by atoms with Gasteiger partial charge in [0.2, 0.25) is 5.91 Å². The van der Waals surface area contributed by atoms with Crippen molar-refractivity contribution >= 4 is 11.8 Å². The summed E-state index contributed by atoms with van der Waals surface area (Å²) in [6.07, 6.45) is 4.05. The number of amides is 2. The van der Waals surface area contributed by atoms with Gasteiger partial charge >= 0.3 is 0 Å². The van der Waals surface area contributed by atoms with Crippen LogP contribution in [0.1, 0.15) is 72.1 Å². The van der Waals surface area contributed by atoms with E-state index >= 15 is 0 Å². The lowest BCUT2D eigenvalue weighted by Crippen LogP contribution is -2.52. The zero-order valence-corrected chi connectivity index (χ0v) is 20.5. The van der Waals surface area contributed by atoms with Gasteiger partial charge in [0.25, 0.3) is 5.91 Å². The highest BCUT2D eigenvalue weighted by Crippen LogP contribution is 2.48. The summed E-state index contributed by atoms with van der Waals surface area (Å²) >= 11 is 0. The van der Waals surface area contributed by atoms with Crippen LogP contribution >= 0.6 is 0 Å². The van der Waals surface area contributed by atoms with Gasteiger partial charge in [0.1, 0.15) is 0 Å². The molecule has 2 amide bonds. The summed E-state index contributed by atoms with van der Waals surface area (Å²) in [7, 11) is 3.24. The highest BCUT2D eigenvalue weighted by Gasteiger charge is 2.47. The number of ether oxygens (including phenoxy) is 2. The highest BCUT2D eigenvalue weighted by molar-refractivity contribution is 6.01. The Morgan fingerprint density at radius 3 is 2.53 bits per heavy atom. The average Bonchev–Trinajstić information content (AvgIpc) is 2.86. The third kappa shape index (κ3) is 3.64. The number of nitrogens with one attached hydrogen (secondary N) is 1. The fraction of sp³-hybridized carbons (Fsp3) is 0.500. The van der Waals surface area contributed by atoms with Crippen LogP contribution in [0.2, 0.25) is 0 Å². The van der Waals surface area contributed by atoms with Crippen molar-refractivity contribution in [1.29, 1.82) is 0 Å². The largest absolute Gasteiger partial charge is 0.493 e. The molecule has 0 radical (unpaired) electrons. The van der Waals surface area contributed by atoms with E-state index in [0.29, 0.717) is 41.9 Å². The molecule has 1 N–H and O–H groups in total. The van der Waals surface area contributed by atoms with E-state index in [9.17, 15) is 9.59 Å². The number of nitrogens with zero attached hydrogens (tertiary/aromatic N) is 1. The number of benzene rings is 2. The number of hydrogen-bond donors (Lipinski definition) is 1. The molecule has 0 aromatic heterocycles. The lowest BCUT2D eigenvalue weighted by atomic mass is 9.74. The van der Waals surface area contributed by atoms with E-state index in [0.717, 1.165) is 29.5 Å². The molecular formula is C28H34N2O4. The van der Waals surface area contributed by atoms with Gasteiger partial charge in [-0.15, -0.1) is 0 Å². The Labute approximate surface area is 201 Å². The molecule has 1 saturated carbocycles. The highest BCUT2D eigenvalue weighted by atomic mass is 16.5. The van der Waals surface area contributed by atoms with Crippen LogP contribution in [-0.4, -0.2) is 43.5 Å². The van der Waals surface area contributed by atoms with E-state index in [1.807, 2.05) is 41.3 Å². The molecule has 1 aliphatic carbocycles. The fourth-order valence-corrected chi connectivity index (χ4v) is 6.19. The van der Waals surface area contributed by atoms with Gasteiger partial charge in [-0.2, -0.15) is 0 Å². The molecule has 34 heavy (non-hydrogen) atoms. The zero-order chi connectivity index (χ0) is 24.0. The van der Waals surface area contributed by atoms with Crippen molar-refractivity contribution in [3.63, 3.8) is 0 Å². The smallest absolute Gasteiger partial charge is 0.254 e. The molecule has 0 saturated heterocycles. The maximum atomic E-state index is 14.0. The van der Waals surface area contributed by atoms with E-state index < -0.39 is 5.92 Å². The summed E-state index contributed by atoms with van der Waals surface area (Å²) in [6, 6.07) is 11.3. The van der Waals surface area contributed by atoms with Crippen molar-refractivity contribution in [1.82, 2.24) is 10.2 Å². The molecule has 1 fully saturated rings. The Kier molecular flexibility index (Phi) is 6.00. The standard InChI is InChI=1S/C28H34N2O4/c1-16-8-7-11-22(17(16)2)29-27(31)25-19-9-5-6-10-20(19)28(32)30-13-12-18-14-23(33-3)24(34-4)15-21(18)26(25)30/h5-6,9-10,14-17,22,25-26H,7-8,11-13H2,1-4H3,(H,29,31). The Hall–Kier alpha value is -3.02. The van der Waals surface area contributed by atoms with Gasteiger partial charge in [0.05, 0.1) is 26.2 Å². The predicted molar refractivity (Wildman–Crippen MR) is 130 cm³/mol. The van der Waals surface area contributed by atoms with Crippen LogP contribution in [0, 0.1) is 11.8 Å². The van der Waals surface area contributed by atoms with Gasteiger partial charge < -0.3 is 19.7 Å². The van der Waals surface area contributed by atoms with Crippen molar-refractivity contribution in [2.45, 2.75) is 57.5 Å². The van der Waals surface area contributed by atoms with Crippen LogP contribution in [-0.2, 0) is 11.2 Å². The van der Waals surface area contributed by atoms with Gasteiger partial charge in [-0.3, -0.25) is 9.59 Å². The lowest BCUT2D eigenvalue weighted by Gasteiger charge is -2.46. The minimum Gasteiger partial charge on any atom is -0.493 e. The monoisotopic (exact) mass is 462 g/mol. The van der Waals surface area contributed by atoms with Crippen LogP contribution in [0.3, 0.4) is 0 Å². The Morgan fingerprint density at radius 1 is 1.03 bits per heavy atom. The second-order valence-corrected chi connectivity index (χ2v) is 10.0. The summed E-state index contributed by atoms with van der Waals surface area (Å²) < 4.78 is 11.1. The predicted octanol–water partition coefficient (Wildman–Crippen LogP) is 4.48. The van der Waals surface area contributed by atoms with Crippen molar-refractivity contribution in [3.8, 4) is 11.5 Å². The molecule has 6 nitrogen and oxygen atoms in total. The lowest BCUT2D eigenvalue weighted by molar-refractivity contribution is -0.125. The van der Waals surface area contributed by atoms with Gasteiger partial charge in [-0.25, -0.2) is 0 Å². The van der Waals surface area contributed by atoms with Crippen molar-refractivity contribution in [2.24, 2.45) is 11.8 Å². The topological polar surface area (TPSA) is 67.9 Å². The van der Waals surface area contributed by atoms with Gasteiger partial charge in [-0.1, -0.05) is 44.9 Å². The number of hydrogen-bond acceptors (Lipinski definition) is 4. The van der Waals surface area contributed by atoms with Crippen LogP contribution < -0.4 is 14.8 Å². The fourth-order valence-electron chi connectivity index (χ4n) is 6.19. The first kappa shape index (κ1) is 22.8. The number of carbonyl (C=O) groups excluding carboxylic acids is 2. The van der Waals surface area contributed by atoms with E-state index in [4.69, 9.17) is 9.47 Å². The van der Waals surface area contributed by atoms with Gasteiger partial charge in [-0.05, 0) is 59.6 Å². The Balaban J connectivity index is 1.60. The molecule has 2 aliphatic heterocycles. The van der Waals surface area contributed by atoms with E-state index in [2.05, 4.69) is 19.2 Å². The summed E-state index contributed by atoms with van der Waals surface area (Å²) in [5.41, 5.74) is 3.51. The molecule has 5 atom stereocenters. The molecule has 2 heterocycles. The summed E-state index contributed by atoms with van der Waals surface area (Å²) in [6.45, 7) is 5.09. The quantitative estimate of drug-likeness (QED) is 0.727. The van der Waals surface area contributed by atoms with Crippen LogP contribution in [0.5, 0.6) is 11.5 Å². The van der Waals surface area contributed by atoms with Crippen molar-refractivity contribution in [3.05, 3.63) is 58.7 Å². The van der Waals surface area contributed by atoms with Crippen molar-refractivity contribution < 1.29 is 19.1 Å². The maximum Gasteiger partial charge on any atom is 0.254 e. The molecule has 0 spiro atoms. The SMILES string of the molecule is COc1cc2c(cc1OC)C1C(C(=O)NC3CCCC(C)C3C)c3ccccc3C(=O)N1CC2. The summed E-state index contributed by atoms with van der Waals surface area (Å²) in [5.74, 6) is 1.82. The Bertz CT molecular complexity index is 1110. The van der Waals surface area contributed by atoms with Crippen LogP contribution in [0.25, 0.3) is 0 Å². The van der Waals surface area contributed by atoms with E-state index in [1.165, 1.54) is 6.42 Å². The molecule has 0 bridgehead atoms. The average molecular weight is 463 g/mol. The van der Waals surface area contributed by atoms with E-state index in [-0.39, 0.29) is 23.9 Å². The third-order valence-electron chi connectivity index (χ3n) is 8.34. The second kappa shape index (κ2) is 8.97. The Morgan fingerprint density at radius 2 is 1.76 bits per heavy atom.